The van der Waals surface area contributed by atoms with Gasteiger partial charge in [0.1, 0.15) is 0 Å². The molecule has 0 spiro atoms. The van der Waals surface area contributed by atoms with Crippen molar-refractivity contribution in [1.82, 2.24) is 10.2 Å². The van der Waals surface area contributed by atoms with Gasteiger partial charge in [-0.2, -0.15) is 0 Å². The third-order valence-corrected chi connectivity index (χ3v) is 5.10. The molecule has 1 aliphatic rings. The molecule has 1 aromatic carbocycles. The van der Waals surface area contributed by atoms with E-state index in [-0.39, 0.29) is 0 Å². The second-order valence-corrected chi connectivity index (χ2v) is 7.09. The number of hydrogen-bond acceptors (Lipinski definition) is 3. The Hall–Kier alpha value is -0.580. The highest BCUT2D eigenvalue weighted by atomic mass is 79.9. The zero-order valence-corrected chi connectivity index (χ0v) is 15.3. The zero-order valence-electron chi connectivity index (χ0n) is 13.7. The molecule has 2 unspecified atom stereocenters. The van der Waals surface area contributed by atoms with E-state index < -0.39 is 0 Å². The Morgan fingerprint density at radius 3 is 2.48 bits per heavy atom. The van der Waals surface area contributed by atoms with E-state index in [1.54, 1.807) is 0 Å². The van der Waals surface area contributed by atoms with Gasteiger partial charge in [0.15, 0.2) is 0 Å². The Bertz CT molecular complexity index is 451. The largest absolute Gasteiger partial charge is 0.368 e. The van der Waals surface area contributed by atoms with Crippen LogP contribution in [-0.2, 0) is 6.54 Å². The van der Waals surface area contributed by atoms with Crippen molar-refractivity contribution in [3.63, 3.8) is 0 Å². The van der Waals surface area contributed by atoms with E-state index in [2.05, 4.69) is 77.1 Å². The van der Waals surface area contributed by atoms with Crippen molar-refractivity contribution in [1.29, 1.82) is 0 Å². The van der Waals surface area contributed by atoms with Crippen molar-refractivity contribution in [2.45, 2.75) is 45.8 Å². The zero-order chi connectivity index (χ0) is 15.4. The lowest BCUT2D eigenvalue weighted by Gasteiger charge is -2.43. The molecule has 3 nitrogen and oxygen atoms in total. The molecule has 4 heteroatoms. The summed E-state index contributed by atoms with van der Waals surface area (Å²) in [6, 6.07) is 7.94. The number of rotatable bonds is 5. The van der Waals surface area contributed by atoms with E-state index >= 15 is 0 Å². The van der Waals surface area contributed by atoms with Crippen molar-refractivity contribution in [2.75, 3.05) is 31.6 Å². The van der Waals surface area contributed by atoms with E-state index in [4.69, 9.17) is 0 Å². The van der Waals surface area contributed by atoms with Gasteiger partial charge in [0.05, 0.1) is 5.69 Å². The summed E-state index contributed by atoms with van der Waals surface area (Å²) in [7, 11) is 2.23. The summed E-state index contributed by atoms with van der Waals surface area (Å²) in [5.41, 5.74) is 2.66. The van der Waals surface area contributed by atoms with Gasteiger partial charge in [0.25, 0.3) is 0 Å². The van der Waals surface area contributed by atoms with Crippen molar-refractivity contribution >= 4 is 21.6 Å². The Morgan fingerprint density at radius 2 is 1.90 bits per heavy atom. The average molecular weight is 354 g/mol. The smallest absolute Gasteiger partial charge is 0.0511 e. The summed E-state index contributed by atoms with van der Waals surface area (Å²) in [5, 5.41) is 3.46. The van der Waals surface area contributed by atoms with Crippen LogP contribution in [0.25, 0.3) is 0 Å². The molecule has 1 N–H and O–H groups in total. The summed E-state index contributed by atoms with van der Waals surface area (Å²) in [5.74, 6) is 0. The van der Waals surface area contributed by atoms with Crippen LogP contribution in [0.4, 0.5) is 5.69 Å². The normalized spacial score (nSPS) is 23.6. The van der Waals surface area contributed by atoms with Crippen LogP contribution < -0.4 is 10.2 Å². The third-order valence-electron chi connectivity index (χ3n) is 4.47. The van der Waals surface area contributed by atoms with Crippen LogP contribution in [0.15, 0.2) is 22.7 Å². The topological polar surface area (TPSA) is 18.5 Å². The van der Waals surface area contributed by atoms with Crippen molar-refractivity contribution in [2.24, 2.45) is 0 Å². The highest BCUT2D eigenvalue weighted by molar-refractivity contribution is 9.10. The summed E-state index contributed by atoms with van der Waals surface area (Å²) in [4.78, 5) is 4.97. The number of hydrogen-bond donors (Lipinski definition) is 1. The number of nitrogens with one attached hydrogen (secondary N) is 1. The highest BCUT2D eigenvalue weighted by Crippen LogP contribution is 2.30. The van der Waals surface area contributed by atoms with Gasteiger partial charge in [-0.25, -0.2) is 0 Å². The van der Waals surface area contributed by atoms with Gasteiger partial charge in [0.2, 0.25) is 0 Å². The van der Waals surface area contributed by atoms with E-state index in [9.17, 15) is 0 Å². The second-order valence-electron chi connectivity index (χ2n) is 6.23. The first-order valence-corrected chi connectivity index (χ1v) is 8.78. The number of anilines is 1. The SMILES string of the molecule is CCCNCc1ccc(N2CC(C)N(C)C(C)C2)c(Br)c1. The minimum absolute atomic E-state index is 0.589. The fourth-order valence-corrected chi connectivity index (χ4v) is 3.60. The molecule has 2 rings (SSSR count). The number of nitrogens with zero attached hydrogens (tertiary/aromatic N) is 2. The Morgan fingerprint density at radius 1 is 1.24 bits per heavy atom. The minimum atomic E-state index is 0.589. The van der Waals surface area contributed by atoms with E-state index in [1.807, 2.05) is 0 Å². The monoisotopic (exact) mass is 353 g/mol. The molecular weight excluding hydrogens is 326 g/mol. The van der Waals surface area contributed by atoms with Gasteiger partial charge in [-0.1, -0.05) is 13.0 Å². The maximum absolute atomic E-state index is 3.76. The quantitative estimate of drug-likeness (QED) is 0.817. The molecule has 1 aliphatic heterocycles. The molecule has 1 heterocycles. The van der Waals surface area contributed by atoms with Crippen LogP contribution in [0, 0.1) is 0 Å². The fourth-order valence-electron chi connectivity index (χ4n) is 2.93. The standard InChI is InChI=1S/C17H28BrN3/c1-5-8-19-10-15-6-7-17(16(18)9-15)21-11-13(2)20(4)14(3)12-21/h6-7,9,13-14,19H,5,8,10-12H2,1-4H3. The lowest BCUT2D eigenvalue weighted by Crippen LogP contribution is -2.55. The number of piperazine rings is 1. The molecule has 0 saturated carbocycles. The molecule has 21 heavy (non-hydrogen) atoms. The number of halogens is 1. The Balaban J connectivity index is 2.06. The highest BCUT2D eigenvalue weighted by Gasteiger charge is 2.27. The molecule has 0 amide bonds. The van der Waals surface area contributed by atoms with Gasteiger partial charge >= 0.3 is 0 Å². The summed E-state index contributed by atoms with van der Waals surface area (Å²) >= 11 is 3.76. The lowest BCUT2D eigenvalue weighted by molar-refractivity contribution is 0.170. The summed E-state index contributed by atoms with van der Waals surface area (Å²) in [6.45, 7) is 11.0. The minimum Gasteiger partial charge on any atom is -0.368 e. The lowest BCUT2D eigenvalue weighted by atomic mass is 10.1. The average Bonchev–Trinajstić information content (AvgIpc) is 2.45. The molecular formula is C17H28BrN3. The van der Waals surface area contributed by atoms with Crippen molar-refractivity contribution in [3.05, 3.63) is 28.2 Å². The molecule has 0 aromatic heterocycles. The second kappa shape index (κ2) is 7.61. The summed E-state index contributed by atoms with van der Waals surface area (Å²) < 4.78 is 1.21. The predicted molar refractivity (Wildman–Crippen MR) is 95.0 cm³/mol. The van der Waals surface area contributed by atoms with Crippen LogP contribution in [0.2, 0.25) is 0 Å². The van der Waals surface area contributed by atoms with Crippen LogP contribution in [0.1, 0.15) is 32.8 Å². The first-order chi connectivity index (χ1) is 10.0. The molecule has 1 saturated heterocycles. The van der Waals surface area contributed by atoms with E-state index in [1.165, 1.54) is 22.1 Å². The van der Waals surface area contributed by atoms with Gasteiger partial charge in [-0.15, -0.1) is 0 Å². The van der Waals surface area contributed by atoms with Crippen molar-refractivity contribution < 1.29 is 0 Å². The van der Waals surface area contributed by atoms with Crippen LogP contribution in [0.5, 0.6) is 0 Å². The van der Waals surface area contributed by atoms with Gasteiger partial charge < -0.3 is 10.2 Å². The maximum Gasteiger partial charge on any atom is 0.0511 e. The van der Waals surface area contributed by atoms with E-state index in [0.29, 0.717) is 12.1 Å². The molecule has 118 valence electrons. The first kappa shape index (κ1) is 16.8. The van der Waals surface area contributed by atoms with Gasteiger partial charge in [-0.3, -0.25) is 4.90 Å². The molecule has 1 fully saturated rings. The predicted octanol–water partition coefficient (Wildman–Crippen LogP) is 3.48. The fraction of sp³-hybridized carbons (Fsp3) is 0.647. The van der Waals surface area contributed by atoms with E-state index in [0.717, 1.165) is 26.2 Å². The Kier molecular flexibility index (Phi) is 6.08. The Labute approximate surface area is 137 Å². The molecule has 2 atom stereocenters. The van der Waals surface area contributed by atoms with Gasteiger partial charge in [0, 0.05) is 36.2 Å². The third kappa shape index (κ3) is 4.21. The van der Waals surface area contributed by atoms with Crippen LogP contribution >= 0.6 is 15.9 Å². The molecule has 1 aromatic rings. The van der Waals surface area contributed by atoms with Crippen LogP contribution in [0.3, 0.4) is 0 Å². The molecule has 0 radical (unpaired) electrons. The summed E-state index contributed by atoms with van der Waals surface area (Å²) in [6.07, 6.45) is 1.18. The molecule has 0 bridgehead atoms. The first-order valence-electron chi connectivity index (χ1n) is 7.99. The van der Waals surface area contributed by atoms with Crippen LogP contribution in [-0.4, -0.2) is 43.7 Å². The maximum atomic E-state index is 3.76. The number of likely N-dealkylation sites (N-methyl/N-ethyl adjacent to an activating group) is 1. The number of benzene rings is 1. The van der Waals surface area contributed by atoms with Gasteiger partial charge in [-0.05, 0) is 67.5 Å². The van der Waals surface area contributed by atoms with Crippen molar-refractivity contribution in [3.8, 4) is 0 Å². The molecule has 0 aliphatic carbocycles.